The first kappa shape index (κ1) is 17.2. The molecule has 2 atom stereocenters. The number of ether oxygens (including phenoxy) is 1. The zero-order valence-electron chi connectivity index (χ0n) is 11.8. The fourth-order valence-electron chi connectivity index (χ4n) is 2.72. The minimum Gasteiger partial charge on any atom is -0.381 e. The molecule has 0 aliphatic carbocycles. The van der Waals surface area contributed by atoms with Crippen molar-refractivity contribution in [2.75, 3.05) is 26.8 Å². The lowest BCUT2D eigenvalue weighted by Crippen LogP contribution is -2.56. The lowest BCUT2D eigenvalue weighted by Gasteiger charge is -2.32. The van der Waals surface area contributed by atoms with E-state index >= 15 is 0 Å². The number of rotatable bonds is 3. The number of halogens is 1. The highest BCUT2D eigenvalue weighted by atomic mass is 35.5. The van der Waals surface area contributed by atoms with E-state index in [4.69, 9.17) is 10.5 Å². The van der Waals surface area contributed by atoms with Gasteiger partial charge in [-0.05, 0) is 31.6 Å². The van der Waals surface area contributed by atoms with Crippen LogP contribution >= 0.6 is 12.4 Å². The average molecular weight is 306 g/mol. The van der Waals surface area contributed by atoms with Gasteiger partial charge in [0.15, 0.2) is 0 Å². The Kier molecular flexibility index (Phi) is 6.71. The number of carbonyl (C=O) groups excluding carboxylic acids is 2. The van der Waals surface area contributed by atoms with E-state index in [1.807, 2.05) is 0 Å². The molecule has 2 saturated heterocycles. The summed E-state index contributed by atoms with van der Waals surface area (Å²) in [6.45, 7) is 2.09. The second kappa shape index (κ2) is 7.81. The van der Waals surface area contributed by atoms with Gasteiger partial charge >= 0.3 is 0 Å². The predicted molar refractivity (Wildman–Crippen MR) is 77.6 cm³/mol. The van der Waals surface area contributed by atoms with Gasteiger partial charge in [-0.15, -0.1) is 12.4 Å². The number of nitrogens with two attached hydrogens (primary N) is 1. The van der Waals surface area contributed by atoms with Crippen LogP contribution in [0.1, 0.15) is 25.7 Å². The summed E-state index contributed by atoms with van der Waals surface area (Å²) in [7, 11) is 1.76. The largest absolute Gasteiger partial charge is 0.381 e. The Balaban J connectivity index is 0.00000200. The molecule has 0 aromatic rings. The number of likely N-dealkylation sites (tertiary alicyclic amines) is 1. The molecule has 0 bridgehead atoms. The van der Waals surface area contributed by atoms with E-state index in [9.17, 15) is 9.59 Å². The topological polar surface area (TPSA) is 84.7 Å². The van der Waals surface area contributed by atoms with Crippen LogP contribution in [0.4, 0.5) is 0 Å². The van der Waals surface area contributed by atoms with Crippen molar-refractivity contribution in [2.45, 2.75) is 37.8 Å². The molecule has 0 radical (unpaired) electrons. The predicted octanol–water partition coefficient (Wildman–Crippen LogP) is -0.101. The second-order valence-electron chi connectivity index (χ2n) is 5.44. The average Bonchev–Trinajstić information content (AvgIpc) is 2.44. The van der Waals surface area contributed by atoms with Gasteiger partial charge in [-0.2, -0.15) is 0 Å². The molecule has 2 unspecified atom stereocenters. The van der Waals surface area contributed by atoms with Crippen LogP contribution in [0.25, 0.3) is 0 Å². The minimum atomic E-state index is -0.538. The van der Waals surface area contributed by atoms with Crippen LogP contribution in [0.5, 0.6) is 0 Å². The molecule has 2 rings (SSSR count). The summed E-state index contributed by atoms with van der Waals surface area (Å²) >= 11 is 0. The second-order valence-corrected chi connectivity index (χ2v) is 5.44. The molecule has 3 N–H and O–H groups in total. The lowest BCUT2D eigenvalue weighted by atomic mass is 9.91. The van der Waals surface area contributed by atoms with Crippen molar-refractivity contribution in [1.29, 1.82) is 0 Å². The smallest absolute Gasteiger partial charge is 0.244 e. The van der Waals surface area contributed by atoms with Gasteiger partial charge in [0.2, 0.25) is 11.8 Å². The van der Waals surface area contributed by atoms with E-state index in [0.717, 1.165) is 25.8 Å². The third-order valence-corrected chi connectivity index (χ3v) is 4.05. The van der Waals surface area contributed by atoms with Gasteiger partial charge < -0.3 is 20.7 Å². The third kappa shape index (κ3) is 4.07. The Bertz CT molecular complexity index is 348. The van der Waals surface area contributed by atoms with Crippen LogP contribution in [0.3, 0.4) is 0 Å². The summed E-state index contributed by atoms with van der Waals surface area (Å²) < 4.78 is 5.26. The summed E-state index contributed by atoms with van der Waals surface area (Å²) in [5.74, 6) is -0.0653. The summed E-state index contributed by atoms with van der Waals surface area (Å²) in [5.41, 5.74) is 6.00. The van der Waals surface area contributed by atoms with Gasteiger partial charge in [-0.1, -0.05) is 0 Å². The van der Waals surface area contributed by atoms with Crippen molar-refractivity contribution >= 4 is 24.2 Å². The Hall–Kier alpha value is -0.850. The van der Waals surface area contributed by atoms with Crippen molar-refractivity contribution in [2.24, 2.45) is 11.7 Å². The van der Waals surface area contributed by atoms with E-state index in [0.29, 0.717) is 19.6 Å². The molecule has 0 saturated carbocycles. The summed E-state index contributed by atoms with van der Waals surface area (Å²) in [6, 6.07) is -0.943. The van der Waals surface area contributed by atoms with Crippen LogP contribution in [0.15, 0.2) is 0 Å². The van der Waals surface area contributed by atoms with Crippen molar-refractivity contribution in [1.82, 2.24) is 10.2 Å². The molecule has 2 heterocycles. The maximum absolute atomic E-state index is 12.1. The third-order valence-electron chi connectivity index (χ3n) is 4.05. The van der Waals surface area contributed by atoms with E-state index < -0.39 is 12.1 Å². The summed E-state index contributed by atoms with van der Waals surface area (Å²) in [6.07, 6.45) is 3.25. The van der Waals surface area contributed by atoms with Gasteiger partial charge in [-0.3, -0.25) is 9.59 Å². The number of nitrogens with zero attached hydrogens (tertiary/aromatic N) is 1. The highest BCUT2D eigenvalue weighted by molar-refractivity contribution is 5.90. The van der Waals surface area contributed by atoms with Crippen molar-refractivity contribution in [3.8, 4) is 0 Å². The summed E-state index contributed by atoms with van der Waals surface area (Å²) in [5, 5.41) is 2.80. The first-order valence-electron chi connectivity index (χ1n) is 6.98. The van der Waals surface area contributed by atoms with Gasteiger partial charge in [0.1, 0.15) is 6.04 Å². The van der Waals surface area contributed by atoms with Crippen molar-refractivity contribution < 1.29 is 14.3 Å². The number of hydrogen-bond acceptors (Lipinski definition) is 4. The molecule has 6 nitrogen and oxygen atoms in total. The number of likely N-dealkylation sites (N-methyl/N-ethyl adjacent to an activating group) is 1. The first-order valence-corrected chi connectivity index (χ1v) is 6.98. The molecular weight excluding hydrogens is 282 g/mol. The first-order chi connectivity index (χ1) is 9.09. The standard InChI is InChI=1S/C13H23N3O3.ClH/c1-16-6-2-3-10(13(16)18)15-12(17)11(14)9-4-7-19-8-5-9;/h9-11H,2-8,14H2,1H3,(H,15,17);1H. The van der Waals surface area contributed by atoms with Crippen molar-refractivity contribution in [3.05, 3.63) is 0 Å². The van der Waals surface area contributed by atoms with Gasteiger partial charge in [0.25, 0.3) is 0 Å². The molecular formula is C13H24ClN3O3. The molecule has 2 aliphatic rings. The Morgan fingerprint density at radius 3 is 2.70 bits per heavy atom. The maximum atomic E-state index is 12.1. The monoisotopic (exact) mass is 305 g/mol. The zero-order chi connectivity index (χ0) is 13.8. The molecule has 0 spiro atoms. The zero-order valence-corrected chi connectivity index (χ0v) is 12.7. The number of amides is 2. The quantitative estimate of drug-likeness (QED) is 0.762. The number of piperidine rings is 1. The molecule has 2 aliphatic heterocycles. The molecule has 20 heavy (non-hydrogen) atoms. The fourth-order valence-corrected chi connectivity index (χ4v) is 2.72. The Morgan fingerprint density at radius 2 is 2.05 bits per heavy atom. The summed E-state index contributed by atoms with van der Waals surface area (Å²) in [4.78, 5) is 25.7. The molecule has 0 aromatic carbocycles. The van der Waals surface area contributed by atoms with Crippen LogP contribution in [-0.2, 0) is 14.3 Å². The van der Waals surface area contributed by atoms with Crippen LogP contribution in [-0.4, -0.2) is 55.6 Å². The van der Waals surface area contributed by atoms with Crippen molar-refractivity contribution in [3.63, 3.8) is 0 Å². The molecule has 116 valence electrons. The SMILES string of the molecule is CN1CCCC(NC(=O)C(N)C2CCOCC2)C1=O.Cl. The van der Waals surface area contributed by atoms with Crippen LogP contribution < -0.4 is 11.1 Å². The van der Waals surface area contributed by atoms with E-state index in [1.54, 1.807) is 11.9 Å². The Labute approximate surface area is 125 Å². The highest BCUT2D eigenvalue weighted by Gasteiger charge is 2.32. The molecule has 2 amide bonds. The van der Waals surface area contributed by atoms with E-state index in [-0.39, 0.29) is 30.1 Å². The fraction of sp³-hybridized carbons (Fsp3) is 0.846. The highest BCUT2D eigenvalue weighted by Crippen LogP contribution is 2.18. The van der Waals surface area contributed by atoms with E-state index in [2.05, 4.69) is 5.32 Å². The van der Waals surface area contributed by atoms with Gasteiger partial charge in [0.05, 0.1) is 6.04 Å². The Morgan fingerprint density at radius 1 is 1.40 bits per heavy atom. The van der Waals surface area contributed by atoms with Crippen LogP contribution in [0, 0.1) is 5.92 Å². The number of hydrogen-bond donors (Lipinski definition) is 2. The van der Waals surface area contributed by atoms with Crippen LogP contribution in [0.2, 0.25) is 0 Å². The van der Waals surface area contributed by atoms with E-state index in [1.165, 1.54) is 0 Å². The normalized spacial score (nSPS) is 25.8. The minimum absolute atomic E-state index is 0. The van der Waals surface area contributed by atoms with Gasteiger partial charge in [-0.25, -0.2) is 0 Å². The number of nitrogens with one attached hydrogen (secondary N) is 1. The number of carbonyl (C=O) groups is 2. The molecule has 0 aromatic heterocycles. The molecule has 2 fully saturated rings. The van der Waals surface area contributed by atoms with Gasteiger partial charge in [0, 0.05) is 26.8 Å². The lowest BCUT2D eigenvalue weighted by molar-refractivity contribution is -0.138. The molecule has 7 heteroatoms. The maximum Gasteiger partial charge on any atom is 0.244 e.